The first-order valence-corrected chi connectivity index (χ1v) is 8.07. The number of urea groups is 1. The number of hydrogen-bond acceptors (Lipinski definition) is 4. The summed E-state index contributed by atoms with van der Waals surface area (Å²) in [5.41, 5.74) is 3.20. The third-order valence-electron chi connectivity index (χ3n) is 3.71. The van der Waals surface area contributed by atoms with Crippen LogP contribution in [0.2, 0.25) is 0 Å². The van der Waals surface area contributed by atoms with E-state index >= 15 is 0 Å². The Balaban J connectivity index is 1.47. The molecule has 0 saturated heterocycles. The van der Waals surface area contributed by atoms with Crippen molar-refractivity contribution in [2.75, 3.05) is 0 Å². The Morgan fingerprint density at radius 2 is 2.00 bits per heavy atom. The molecule has 1 aromatic carbocycles. The van der Waals surface area contributed by atoms with Crippen molar-refractivity contribution in [2.45, 2.75) is 26.1 Å². The Hall–Kier alpha value is -3.22. The highest BCUT2D eigenvalue weighted by molar-refractivity contribution is 5.74. The Kier molecular flexibility index (Phi) is 5.36. The lowest BCUT2D eigenvalue weighted by Crippen LogP contribution is -2.42. The lowest BCUT2D eigenvalue weighted by atomic mass is 10.1. The van der Waals surface area contributed by atoms with Crippen LogP contribution in [-0.4, -0.2) is 31.8 Å². The van der Waals surface area contributed by atoms with E-state index in [2.05, 4.69) is 25.7 Å². The fourth-order valence-corrected chi connectivity index (χ4v) is 2.46. The van der Waals surface area contributed by atoms with Crippen LogP contribution >= 0.6 is 0 Å². The van der Waals surface area contributed by atoms with Gasteiger partial charge in [-0.3, -0.25) is 9.67 Å². The predicted molar refractivity (Wildman–Crippen MR) is 94.5 cm³/mol. The standard InChI is InChI=1S/C18H20N6O/c1-14(11-24-13-20-12-22-24)23-18(25)21-9-15-4-6-16(7-5-15)17-3-2-8-19-10-17/h2-8,10,12-14H,9,11H2,1H3,(H2,21,23,25). The normalized spacial score (nSPS) is 11.7. The highest BCUT2D eigenvalue weighted by atomic mass is 16.2. The van der Waals surface area contributed by atoms with Gasteiger partial charge >= 0.3 is 6.03 Å². The number of nitrogens with one attached hydrogen (secondary N) is 2. The molecule has 0 aliphatic carbocycles. The zero-order valence-corrected chi connectivity index (χ0v) is 14.0. The van der Waals surface area contributed by atoms with Crippen LogP contribution in [0.3, 0.4) is 0 Å². The fraction of sp³-hybridized carbons (Fsp3) is 0.222. The van der Waals surface area contributed by atoms with Crippen molar-refractivity contribution >= 4 is 6.03 Å². The molecule has 3 rings (SSSR count). The fourth-order valence-electron chi connectivity index (χ4n) is 2.46. The molecular weight excluding hydrogens is 316 g/mol. The van der Waals surface area contributed by atoms with Crippen LogP contribution in [0.15, 0.2) is 61.4 Å². The van der Waals surface area contributed by atoms with Gasteiger partial charge in [0.25, 0.3) is 0 Å². The van der Waals surface area contributed by atoms with Gasteiger partial charge in [-0.2, -0.15) is 5.10 Å². The van der Waals surface area contributed by atoms with Crippen molar-refractivity contribution in [3.8, 4) is 11.1 Å². The average molecular weight is 336 g/mol. The molecule has 3 aromatic rings. The van der Waals surface area contributed by atoms with E-state index in [0.29, 0.717) is 13.1 Å². The number of aromatic nitrogens is 4. The second-order valence-electron chi connectivity index (χ2n) is 5.78. The van der Waals surface area contributed by atoms with Crippen LogP contribution < -0.4 is 10.6 Å². The SMILES string of the molecule is CC(Cn1cncn1)NC(=O)NCc1ccc(-c2cccnc2)cc1. The molecule has 0 aliphatic rings. The van der Waals surface area contributed by atoms with Gasteiger partial charge < -0.3 is 10.6 Å². The van der Waals surface area contributed by atoms with Crippen molar-refractivity contribution in [1.82, 2.24) is 30.4 Å². The number of pyridine rings is 1. The Morgan fingerprint density at radius 1 is 1.16 bits per heavy atom. The summed E-state index contributed by atoms with van der Waals surface area (Å²) in [4.78, 5) is 20.0. The van der Waals surface area contributed by atoms with Gasteiger partial charge in [0.2, 0.25) is 0 Å². The minimum absolute atomic E-state index is 0.0466. The summed E-state index contributed by atoms with van der Waals surface area (Å²) in [7, 11) is 0. The molecule has 0 bridgehead atoms. The molecule has 0 aliphatic heterocycles. The van der Waals surface area contributed by atoms with E-state index in [1.54, 1.807) is 17.2 Å². The molecule has 2 N–H and O–H groups in total. The lowest BCUT2D eigenvalue weighted by molar-refractivity contribution is 0.235. The van der Waals surface area contributed by atoms with Crippen molar-refractivity contribution in [1.29, 1.82) is 0 Å². The van der Waals surface area contributed by atoms with Gasteiger partial charge in [-0.1, -0.05) is 30.3 Å². The number of hydrogen-bond donors (Lipinski definition) is 2. The number of amides is 2. The van der Waals surface area contributed by atoms with E-state index in [1.807, 2.05) is 49.5 Å². The maximum absolute atomic E-state index is 12.0. The summed E-state index contributed by atoms with van der Waals surface area (Å²) in [6, 6.07) is 11.7. The summed E-state index contributed by atoms with van der Waals surface area (Å²) >= 11 is 0. The molecular formula is C18H20N6O. The number of carbonyl (C=O) groups is 1. The van der Waals surface area contributed by atoms with Crippen LogP contribution in [0.25, 0.3) is 11.1 Å². The van der Waals surface area contributed by atoms with Crippen LogP contribution in [0, 0.1) is 0 Å². The van der Waals surface area contributed by atoms with Crippen molar-refractivity contribution in [2.24, 2.45) is 0 Å². The molecule has 2 heterocycles. The van der Waals surface area contributed by atoms with Crippen molar-refractivity contribution in [3.63, 3.8) is 0 Å². The molecule has 0 fully saturated rings. The highest BCUT2D eigenvalue weighted by Crippen LogP contribution is 2.18. The summed E-state index contributed by atoms with van der Waals surface area (Å²) < 4.78 is 1.68. The molecule has 0 saturated carbocycles. The monoisotopic (exact) mass is 336 g/mol. The van der Waals surface area contributed by atoms with Gasteiger partial charge in [-0.15, -0.1) is 0 Å². The molecule has 7 heteroatoms. The number of nitrogens with zero attached hydrogens (tertiary/aromatic N) is 4. The summed E-state index contributed by atoms with van der Waals surface area (Å²) in [6.45, 7) is 2.96. The zero-order chi connectivity index (χ0) is 17.5. The number of benzene rings is 1. The molecule has 0 spiro atoms. The molecule has 25 heavy (non-hydrogen) atoms. The molecule has 0 radical (unpaired) electrons. The summed E-state index contributed by atoms with van der Waals surface area (Å²) in [6.07, 6.45) is 6.68. The van der Waals surface area contributed by atoms with Gasteiger partial charge in [0.1, 0.15) is 12.7 Å². The second-order valence-corrected chi connectivity index (χ2v) is 5.78. The predicted octanol–water partition coefficient (Wildman–Crippen LogP) is 2.23. The van der Waals surface area contributed by atoms with Crippen LogP contribution in [0.1, 0.15) is 12.5 Å². The molecule has 128 valence electrons. The van der Waals surface area contributed by atoms with Gasteiger partial charge in [0.15, 0.2) is 0 Å². The highest BCUT2D eigenvalue weighted by Gasteiger charge is 2.08. The first kappa shape index (κ1) is 16.6. The molecule has 1 atom stereocenters. The summed E-state index contributed by atoms with van der Waals surface area (Å²) in [5, 5.41) is 9.76. The largest absolute Gasteiger partial charge is 0.334 e. The van der Waals surface area contributed by atoms with Gasteiger partial charge in [-0.05, 0) is 29.7 Å². The Bertz CT molecular complexity index is 786. The lowest BCUT2D eigenvalue weighted by Gasteiger charge is -2.14. The van der Waals surface area contributed by atoms with Crippen molar-refractivity contribution < 1.29 is 4.79 Å². The van der Waals surface area contributed by atoms with Crippen LogP contribution in [0.5, 0.6) is 0 Å². The van der Waals surface area contributed by atoms with Gasteiger partial charge in [0.05, 0.1) is 6.54 Å². The first-order chi connectivity index (χ1) is 12.2. The Labute approximate surface area is 146 Å². The molecule has 2 amide bonds. The molecule has 1 unspecified atom stereocenters. The molecule has 7 nitrogen and oxygen atoms in total. The van der Waals surface area contributed by atoms with E-state index < -0.39 is 0 Å². The molecule has 2 aromatic heterocycles. The van der Waals surface area contributed by atoms with Crippen molar-refractivity contribution in [3.05, 3.63) is 67.0 Å². The van der Waals surface area contributed by atoms with Crippen LogP contribution in [-0.2, 0) is 13.1 Å². The minimum atomic E-state index is -0.205. The Morgan fingerprint density at radius 3 is 2.68 bits per heavy atom. The van der Waals surface area contributed by atoms with E-state index in [4.69, 9.17) is 0 Å². The van der Waals surface area contributed by atoms with E-state index in [1.165, 1.54) is 6.33 Å². The smallest absolute Gasteiger partial charge is 0.315 e. The van der Waals surface area contributed by atoms with E-state index in [-0.39, 0.29) is 12.1 Å². The maximum atomic E-state index is 12.0. The minimum Gasteiger partial charge on any atom is -0.334 e. The van der Waals surface area contributed by atoms with Gasteiger partial charge in [-0.25, -0.2) is 9.78 Å². The number of rotatable bonds is 6. The average Bonchev–Trinajstić information content (AvgIpc) is 3.14. The maximum Gasteiger partial charge on any atom is 0.315 e. The van der Waals surface area contributed by atoms with Crippen LogP contribution in [0.4, 0.5) is 4.79 Å². The van der Waals surface area contributed by atoms with Gasteiger partial charge in [0, 0.05) is 25.0 Å². The summed E-state index contributed by atoms with van der Waals surface area (Å²) in [5.74, 6) is 0. The zero-order valence-electron chi connectivity index (χ0n) is 14.0. The number of carbonyl (C=O) groups excluding carboxylic acids is 1. The van der Waals surface area contributed by atoms with E-state index in [0.717, 1.165) is 16.7 Å². The second kappa shape index (κ2) is 8.05. The van der Waals surface area contributed by atoms with E-state index in [9.17, 15) is 4.79 Å². The topological polar surface area (TPSA) is 84.7 Å². The quantitative estimate of drug-likeness (QED) is 0.723. The third kappa shape index (κ3) is 4.87. The third-order valence-corrected chi connectivity index (χ3v) is 3.71. The first-order valence-electron chi connectivity index (χ1n) is 8.07.